The zero-order chi connectivity index (χ0) is 28.8. The van der Waals surface area contributed by atoms with Gasteiger partial charge in [-0.2, -0.15) is 0 Å². The maximum atomic E-state index is 12.9. The molecule has 1 aliphatic rings. The largest absolute Gasteiger partial charge is 0.490 e. The first-order valence-electron chi connectivity index (χ1n) is 11.8. The molecule has 0 aromatic heterocycles. The zero-order valence-electron chi connectivity index (χ0n) is 21.0. The first kappa shape index (κ1) is 28.0. The standard InChI is InChI=1S/C27H21N3O9S/c1-2-38-24-13-17(7-12-23(24)39-16-19-5-3-4-6-21(19)30(36)37)14-25-26(32)28(27(33)40-25)15-22(31)18-8-10-20(11-9-18)29(34)35/h3-14H,2,15-16H2,1H3/b25-14+. The number of hydrogen-bond donors (Lipinski definition) is 0. The Bertz CT molecular complexity index is 1540. The van der Waals surface area contributed by atoms with E-state index in [1.807, 2.05) is 0 Å². The summed E-state index contributed by atoms with van der Waals surface area (Å²) < 4.78 is 11.5. The summed E-state index contributed by atoms with van der Waals surface area (Å²) in [6, 6.07) is 15.9. The van der Waals surface area contributed by atoms with Crippen LogP contribution in [0.15, 0.2) is 71.6 Å². The predicted octanol–water partition coefficient (Wildman–Crippen LogP) is 5.40. The van der Waals surface area contributed by atoms with Crippen molar-refractivity contribution >= 4 is 46.1 Å². The minimum absolute atomic E-state index is 0.0696. The molecule has 0 saturated carbocycles. The fourth-order valence-corrected chi connectivity index (χ4v) is 4.60. The van der Waals surface area contributed by atoms with Gasteiger partial charge in [-0.25, -0.2) is 0 Å². The summed E-state index contributed by atoms with van der Waals surface area (Å²) >= 11 is 0.677. The minimum atomic E-state index is -0.653. The summed E-state index contributed by atoms with van der Waals surface area (Å²) in [6.45, 7) is 1.49. The molecule has 0 aliphatic carbocycles. The molecule has 4 rings (SSSR count). The van der Waals surface area contributed by atoms with Gasteiger partial charge in [0.2, 0.25) is 0 Å². The van der Waals surface area contributed by atoms with E-state index in [1.54, 1.807) is 43.3 Å². The smallest absolute Gasteiger partial charge is 0.293 e. The third-order valence-corrected chi connectivity index (χ3v) is 6.62. The van der Waals surface area contributed by atoms with Gasteiger partial charge in [-0.05, 0) is 60.7 Å². The molecule has 204 valence electrons. The Morgan fingerprint density at radius 2 is 1.68 bits per heavy atom. The molecular weight excluding hydrogens is 542 g/mol. The lowest BCUT2D eigenvalue weighted by molar-refractivity contribution is -0.385. The van der Waals surface area contributed by atoms with Crippen molar-refractivity contribution < 1.29 is 33.7 Å². The van der Waals surface area contributed by atoms with Gasteiger partial charge in [-0.1, -0.05) is 18.2 Å². The summed E-state index contributed by atoms with van der Waals surface area (Å²) in [5.41, 5.74) is 0.783. The van der Waals surface area contributed by atoms with Gasteiger partial charge < -0.3 is 9.47 Å². The van der Waals surface area contributed by atoms with Crippen molar-refractivity contribution in [2.45, 2.75) is 13.5 Å². The Morgan fingerprint density at radius 1 is 0.950 bits per heavy atom. The molecule has 3 aromatic rings. The van der Waals surface area contributed by atoms with Crippen molar-refractivity contribution in [3.8, 4) is 11.5 Å². The molecule has 1 aliphatic heterocycles. The molecule has 0 unspecified atom stereocenters. The van der Waals surface area contributed by atoms with Gasteiger partial charge in [0.15, 0.2) is 17.3 Å². The van der Waals surface area contributed by atoms with E-state index in [2.05, 4.69) is 0 Å². The molecule has 40 heavy (non-hydrogen) atoms. The van der Waals surface area contributed by atoms with Crippen molar-refractivity contribution in [3.05, 3.63) is 109 Å². The Balaban J connectivity index is 1.48. The van der Waals surface area contributed by atoms with Crippen LogP contribution in [-0.4, -0.2) is 44.8 Å². The second kappa shape index (κ2) is 12.2. The van der Waals surface area contributed by atoms with Crippen molar-refractivity contribution in [2.24, 2.45) is 0 Å². The van der Waals surface area contributed by atoms with E-state index < -0.39 is 33.3 Å². The SMILES string of the molecule is CCOc1cc(/C=C2/SC(=O)N(CC(=O)c3ccc([N+](=O)[O-])cc3)C2=O)ccc1OCc1ccccc1[N+](=O)[O-]. The molecular formula is C27H21N3O9S. The van der Waals surface area contributed by atoms with E-state index in [1.165, 1.54) is 36.4 Å². The lowest BCUT2D eigenvalue weighted by Crippen LogP contribution is -2.33. The summed E-state index contributed by atoms with van der Waals surface area (Å²) in [5, 5.41) is 21.5. The van der Waals surface area contributed by atoms with Gasteiger partial charge >= 0.3 is 0 Å². The van der Waals surface area contributed by atoms with Crippen molar-refractivity contribution in [1.82, 2.24) is 4.90 Å². The van der Waals surface area contributed by atoms with Crippen LogP contribution in [0.4, 0.5) is 16.2 Å². The first-order valence-corrected chi connectivity index (χ1v) is 12.6. The Hall–Kier alpha value is -5.04. The second-order valence-electron chi connectivity index (χ2n) is 8.31. The van der Waals surface area contributed by atoms with Gasteiger partial charge in [0.1, 0.15) is 6.61 Å². The maximum Gasteiger partial charge on any atom is 0.293 e. The van der Waals surface area contributed by atoms with Crippen LogP contribution in [0.2, 0.25) is 0 Å². The van der Waals surface area contributed by atoms with Crippen LogP contribution >= 0.6 is 11.8 Å². The van der Waals surface area contributed by atoms with Crippen LogP contribution in [0.5, 0.6) is 11.5 Å². The fourth-order valence-electron chi connectivity index (χ4n) is 3.76. The van der Waals surface area contributed by atoms with E-state index in [0.717, 1.165) is 4.90 Å². The van der Waals surface area contributed by atoms with Crippen LogP contribution in [0.1, 0.15) is 28.4 Å². The lowest BCUT2D eigenvalue weighted by Gasteiger charge is -2.13. The molecule has 0 atom stereocenters. The lowest BCUT2D eigenvalue weighted by atomic mass is 10.1. The number of imide groups is 1. The summed E-state index contributed by atoms with van der Waals surface area (Å²) in [4.78, 5) is 59.9. The van der Waals surface area contributed by atoms with Crippen molar-refractivity contribution in [3.63, 3.8) is 0 Å². The van der Waals surface area contributed by atoms with Gasteiger partial charge in [0.05, 0.1) is 33.5 Å². The quantitative estimate of drug-likeness (QED) is 0.128. The summed E-state index contributed by atoms with van der Waals surface area (Å²) in [5.74, 6) is -0.529. The number of hydrogen-bond acceptors (Lipinski definition) is 10. The number of nitro groups is 2. The molecule has 0 radical (unpaired) electrons. The maximum absolute atomic E-state index is 12.9. The van der Waals surface area contributed by atoms with E-state index in [-0.39, 0.29) is 28.5 Å². The molecule has 1 fully saturated rings. The first-order chi connectivity index (χ1) is 19.2. The highest BCUT2D eigenvalue weighted by molar-refractivity contribution is 8.18. The Labute approximate surface area is 231 Å². The molecule has 3 aromatic carbocycles. The Morgan fingerprint density at radius 3 is 2.35 bits per heavy atom. The third-order valence-electron chi connectivity index (χ3n) is 5.71. The van der Waals surface area contributed by atoms with E-state index in [0.29, 0.717) is 41.0 Å². The number of nitro benzene ring substituents is 2. The molecule has 1 heterocycles. The van der Waals surface area contributed by atoms with Crippen LogP contribution in [0.25, 0.3) is 6.08 Å². The predicted molar refractivity (Wildman–Crippen MR) is 145 cm³/mol. The number of rotatable bonds is 11. The van der Waals surface area contributed by atoms with Crippen LogP contribution in [0, 0.1) is 20.2 Å². The highest BCUT2D eigenvalue weighted by Crippen LogP contribution is 2.35. The van der Waals surface area contributed by atoms with E-state index in [9.17, 15) is 34.6 Å². The molecule has 12 nitrogen and oxygen atoms in total. The number of ether oxygens (including phenoxy) is 2. The number of amides is 2. The molecule has 2 amide bonds. The van der Waals surface area contributed by atoms with E-state index >= 15 is 0 Å². The monoisotopic (exact) mass is 563 g/mol. The number of thioether (sulfide) groups is 1. The average Bonchev–Trinajstić information content (AvgIpc) is 3.20. The van der Waals surface area contributed by atoms with Crippen LogP contribution in [-0.2, 0) is 11.4 Å². The highest BCUT2D eigenvalue weighted by Gasteiger charge is 2.36. The van der Waals surface area contributed by atoms with Gasteiger partial charge in [0.25, 0.3) is 22.5 Å². The zero-order valence-corrected chi connectivity index (χ0v) is 21.8. The van der Waals surface area contributed by atoms with Crippen LogP contribution in [0.3, 0.4) is 0 Å². The number of Topliss-reactive ketones (excluding diaryl/α,β-unsaturated/α-hetero) is 1. The third kappa shape index (κ3) is 6.32. The number of carbonyl (C=O) groups is 3. The van der Waals surface area contributed by atoms with Gasteiger partial charge in [-0.3, -0.25) is 39.5 Å². The average molecular weight is 564 g/mol. The molecule has 1 saturated heterocycles. The number of para-hydroxylation sites is 1. The number of carbonyl (C=O) groups excluding carboxylic acids is 3. The van der Waals surface area contributed by atoms with Gasteiger partial charge in [-0.15, -0.1) is 0 Å². The van der Waals surface area contributed by atoms with Crippen LogP contribution < -0.4 is 9.47 Å². The molecule has 0 spiro atoms. The number of nitrogens with zero attached hydrogens (tertiary/aromatic N) is 3. The highest BCUT2D eigenvalue weighted by atomic mass is 32.2. The summed E-state index contributed by atoms with van der Waals surface area (Å²) in [6.07, 6.45) is 1.48. The molecule has 0 N–H and O–H groups in total. The second-order valence-corrected chi connectivity index (χ2v) is 9.30. The Kier molecular flexibility index (Phi) is 8.54. The minimum Gasteiger partial charge on any atom is -0.490 e. The number of benzene rings is 3. The fraction of sp³-hybridized carbons (Fsp3) is 0.148. The summed E-state index contributed by atoms with van der Waals surface area (Å²) in [7, 11) is 0. The van der Waals surface area contributed by atoms with E-state index in [4.69, 9.17) is 9.47 Å². The number of ketones is 1. The molecule has 13 heteroatoms. The number of non-ortho nitro benzene ring substituents is 1. The molecule has 0 bridgehead atoms. The normalized spacial score (nSPS) is 13.9. The van der Waals surface area contributed by atoms with Crippen molar-refractivity contribution in [2.75, 3.05) is 13.2 Å². The topological polar surface area (TPSA) is 159 Å². The van der Waals surface area contributed by atoms with Gasteiger partial charge in [0, 0.05) is 23.8 Å². The van der Waals surface area contributed by atoms with Crippen molar-refractivity contribution in [1.29, 1.82) is 0 Å².